The number of pyridine rings is 1. The van der Waals surface area contributed by atoms with E-state index in [-0.39, 0.29) is 23.9 Å². The summed E-state index contributed by atoms with van der Waals surface area (Å²) in [5.41, 5.74) is 2.41. The summed E-state index contributed by atoms with van der Waals surface area (Å²) in [6, 6.07) is 9.66. The van der Waals surface area contributed by atoms with E-state index in [1.165, 1.54) is 18.6 Å². The van der Waals surface area contributed by atoms with Crippen molar-refractivity contribution in [2.45, 2.75) is 82.7 Å². The molecule has 5 rings (SSSR count). The Balaban J connectivity index is 1.46. The molecular formula is C29H35N5O5. The minimum atomic E-state index is -0.916. The molecule has 0 aliphatic heterocycles. The highest BCUT2D eigenvalue weighted by molar-refractivity contribution is 5.96. The van der Waals surface area contributed by atoms with E-state index in [1.54, 1.807) is 24.3 Å². The Hall–Kier alpha value is -3.95. The minimum absolute atomic E-state index is 0.0112. The third-order valence-corrected chi connectivity index (χ3v) is 8.12. The quantitative estimate of drug-likeness (QED) is 0.233. The third-order valence-electron chi connectivity index (χ3n) is 8.12. The first-order valence-corrected chi connectivity index (χ1v) is 13.9. The number of nitro groups is 1. The molecular weight excluding hydrogens is 498 g/mol. The van der Waals surface area contributed by atoms with Crippen LogP contribution in [-0.2, 0) is 4.79 Å². The number of anilines is 1. The largest absolute Gasteiger partial charge is 0.481 e. The number of carboxylic acid groups (broad SMARTS) is 1. The van der Waals surface area contributed by atoms with Crippen molar-refractivity contribution in [2.75, 3.05) is 5.32 Å². The molecule has 1 aromatic carbocycles. The highest BCUT2D eigenvalue weighted by Gasteiger charge is 2.28. The Morgan fingerprint density at radius 2 is 1.69 bits per heavy atom. The van der Waals surface area contributed by atoms with Crippen molar-refractivity contribution in [3.63, 3.8) is 0 Å². The Morgan fingerprint density at radius 3 is 2.33 bits per heavy atom. The average molecular weight is 534 g/mol. The number of aliphatic carboxylic acids is 1. The van der Waals surface area contributed by atoms with Gasteiger partial charge in [-0.25, -0.2) is 4.98 Å². The lowest BCUT2D eigenvalue weighted by Crippen LogP contribution is -2.42. The van der Waals surface area contributed by atoms with Crippen LogP contribution in [0.4, 0.5) is 11.5 Å². The van der Waals surface area contributed by atoms with Gasteiger partial charge in [0.05, 0.1) is 11.3 Å². The van der Waals surface area contributed by atoms with Crippen LogP contribution in [-0.4, -0.2) is 43.4 Å². The lowest BCUT2D eigenvalue weighted by molar-refractivity contribution is -0.384. The molecule has 3 N–H and O–H groups in total. The van der Waals surface area contributed by atoms with Gasteiger partial charge in [0, 0.05) is 41.5 Å². The van der Waals surface area contributed by atoms with E-state index < -0.39 is 16.9 Å². The molecule has 2 saturated carbocycles. The number of carbonyl (C=O) groups excluding carboxylic acids is 1. The highest BCUT2D eigenvalue weighted by Crippen LogP contribution is 2.33. The molecule has 0 bridgehead atoms. The van der Waals surface area contributed by atoms with Crippen LogP contribution in [0.1, 0.15) is 81.0 Å². The SMILES string of the molecule is O=C(O)CC(NC(=O)c1ccn2c(NC3CCCCC3)c(-c3ccc([N+](=O)[O-])cc3)nc2c1)C1CCCCC1. The highest BCUT2D eigenvalue weighted by atomic mass is 16.6. The number of carbonyl (C=O) groups is 2. The van der Waals surface area contributed by atoms with Crippen LogP contribution in [0, 0.1) is 16.0 Å². The average Bonchev–Trinajstić information content (AvgIpc) is 3.31. The predicted octanol–water partition coefficient (Wildman–Crippen LogP) is 5.81. The summed E-state index contributed by atoms with van der Waals surface area (Å²) in [5.74, 6) is -0.269. The van der Waals surface area contributed by atoms with Gasteiger partial charge in [0.2, 0.25) is 0 Å². The molecule has 206 valence electrons. The zero-order chi connectivity index (χ0) is 27.4. The smallest absolute Gasteiger partial charge is 0.305 e. The van der Waals surface area contributed by atoms with Gasteiger partial charge in [-0.3, -0.25) is 24.1 Å². The summed E-state index contributed by atoms with van der Waals surface area (Å²) in [4.78, 5) is 40.4. The molecule has 1 amide bonds. The van der Waals surface area contributed by atoms with Gasteiger partial charge in [-0.1, -0.05) is 38.5 Å². The maximum absolute atomic E-state index is 13.3. The molecule has 3 aromatic rings. The second-order valence-electron chi connectivity index (χ2n) is 10.8. The molecule has 2 aromatic heterocycles. The first kappa shape index (κ1) is 26.6. The molecule has 2 aliphatic carbocycles. The van der Waals surface area contributed by atoms with E-state index in [2.05, 4.69) is 10.6 Å². The number of aromatic nitrogens is 2. The van der Waals surface area contributed by atoms with Crippen LogP contribution in [0.25, 0.3) is 16.9 Å². The normalized spacial score (nSPS) is 17.5. The fourth-order valence-corrected chi connectivity index (χ4v) is 6.02. The van der Waals surface area contributed by atoms with Gasteiger partial charge in [-0.2, -0.15) is 0 Å². The summed E-state index contributed by atoms with van der Waals surface area (Å²) in [6.45, 7) is 0. The lowest BCUT2D eigenvalue weighted by Gasteiger charge is -2.30. The summed E-state index contributed by atoms with van der Waals surface area (Å²) in [7, 11) is 0. The van der Waals surface area contributed by atoms with Crippen LogP contribution in [0.3, 0.4) is 0 Å². The van der Waals surface area contributed by atoms with E-state index in [0.717, 1.165) is 69.2 Å². The summed E-state index contributed by atoms with van der Waals surface area (Å²) in [6.07, 6.45) is 12.5. The number of amides is 1. The Kier molecular flexibility index (Phi) is 8.09. The fraction of sp³-hybridized carbons (Fsp3) is 0.483. The van der Waals surface area contributed by atoms with E-state index in [4.69, 9.17) is 4.98 Å². The van der Waals surface area contributed by atoms with Crippen molar-refractivity contribution in [3.8, 4) is 11.3 Å². The molecule has 39 heavy (non-hydrogen) atoms. The van der Waals surface area contributed by atoms with Crippen LogP contribution < -0.4 is 10.6 Å². The van der Waals surface area contributed by atoms with Gasteiger partial charge in [0.25, 0.3) is 11.6 Å². The van der Waals surface area contributed by atoms with E-state index >= 15 is 0 Å². The van der Waals surface area contributed by atoms with Gasteiger partial charge in [-0.15, -0.1) is 0 Å². The number of nitrogens with one attached hydrogen (secondary N) is 2. The first-order valence-electron chi connectivity index (χ1n) is 13.9. The standard InChI is InChI=1S/C29H35N5O5/c35-26(36)18-24(19-7-3-1-4-8-19)31-29(37)21-15-16-33-25(17-21)32-27(20-11-13-23(14-12-20)34(38)39)28(33)30-22-9-5-2-6-10-22/h11-17,19,22,24,30H,1-10,18H2,(H,31,37)(H,35,36). The Labute approximate surface area is 227 Å². The molecule has 0 radical (unpaired) electrons. The monoisotopic (exact) mass is 533 g/mol. The topological polar surface area (TPSA) is 139 Å². The zero-order valence-electron chi connectivity index (χ0n) is 22.0. The number of hydrogen-bond acceptors (Lipinski definition) is 6. The molecule has 10 nitrogen and oxygen atoms in total. The number of non-ortho nitro benzene ring substituents is 1. The van der Waals surface area contributed by atoms with Crippen LogP contribution in [0.2, 0.25) is 0 Å². The summed E-state index contributed by atoms with van der Waals surface area (Å²) >= 11 is 0. The van der Waals surface area contributed by atoms with Crippen molar-refractivity contribution in [2.24, 2.45) is 5.92 Å². The second-order valence-corrected chi connectivity index (χ2v) is 10.8. The number of carboxylic acids is 1. The van der Waals surface area contributed by atoms with Crippen molar-refractivity contribution >= 4 is 29.0 Å². The second kappa shape index (κ2) is 11.8. The number of nitrogens with zero attached hydrogens (tertiary/aromatic N) is 3. The lowest BCUT2D eigenvalue weighted by atomic mass is 9.82. The summed E-state index contributed by atoms with van der Waals surface area (Å²) < 4.78 is 1.91. The fourth-order valence-electron chi connectivity index (χ4n) is 6.02. The van der Waals surface area contributed by atoms with Crippen LogP contribution >= 0.6 is 0 Å². The van der Waals surface area contributed by atoms with Gasteiger partial charge >= 0.3 is 5.97 Å². The molecule has 0 saturated heterocycles. The molecule has 2 aliphatic rings. The third kappa shape index (κ3) is 6.21. The first-order chi connectivity index (χ1) is 18.9. The number of nitro benzene ring substituents is 1. The zero-order valence-corrected chi connectivity index (χ0v) is 22.0. The van der Waals surface area contributed by atoms with Gasteiger partial charge < -0.3 is 15.7 Å². The van der Waals surface area contributed by atoms with Crippen molar-refractivity contribution < 1.29 is 19.6 Å². The van der Waals surface area contributed by atoms with Gasteiger partial charge in [0.15, 0.2) is 0 Å². The van der Waals surface area contributed by atoms with Gasteiger partial charge in [0.1, 0.15) is 17.2 Å². The van der Waals surface area contributed by atoms with E-state index in [9.17, 15) is 24.8 Å². The molecule has 2 fully saturated rings. The maximum Gasteiger partial charge on any atom is 0.305 e. The number of fused-ring (bicyclic) bond motifs is 1. The van der Waals surface area contributed by atoms with Crippen molar-refractivity contribution in [3.05, 3.63) is 58.3 Å². The predicted molar refractivity (Wildman–Crippen MR) is 148 cm³/mol. The number of hydrogen-bond donors (Lipinski definition) is 3. The van der Waals surface area contributed by atoms with Gasteiger partial charge in [-0.05, 0) is 55.9 Å². The van der Waals surface area contributed by atoms with Crippen molar-refractivity contribution in [1.82, 2.24) is 14.7 Å². The number of rotatable bonds is 9. The molecule has 1 unspecified atom stereocenters. The van der Waals surface area contributed by atoms with E-state index in [0.29, 0.717) is 22.9 Å². The molecule has 2 heterocycles. The number of imidazole rings is 1. The maximum atomic E-state index is 13.3. The van der Waals surface area contributed by atoms with Crippen LogP contribution in [0.15, 0.2) is 42.6 Å². The summed E-state index contributed by atoms with van der Waals surface area (Å²) in [5, 5.41) is 27.3. The Morgan fingerprint density at radius 1 is 1.03 bits per heavy atom. The minimum Gasteiger partial charge on any atom is -0.481 e. The Bertz CT molecular complexity index is 1340. The molecule has 1 atom stereocenters. The molecule has 10 heteroatoms. The van der Waals surface area contributed by atoms with Crippen LogP contribution in [0.5, 0.6) is 0 Å². The molecule has 0 spiro atoms. The number of benzene rings is 1. The van der Waals surface area contributed by atoms with E-state index in [1.807, 2.05) is 10.6 Å². The van der Waals surface area contributed by atoms with Crippen molar-refractivity contribution in [1.29, 1.82) is 0 Å².